The summed E-state index contributed by atoms with van der Waals surface area (Å²) in [6, 6.07) is 10.9. The smallest absolute Gasteiger partial charge is 0.00201 e. The molecule has 1 unspecified atom stereocenters. The first-order valence-electron chi connectivity index (χ1n) is 6.99. The average Bonchev–Trinajstić information content (AvgIpc) is 2.34. The molecule has 1 nitrogen and oxygen atoms in total. The van der Waals surface area contributed by atoms with Gasteiger partial charge in [0, 0.05) is 6.54 Å². The standard InChI is InChI=1S/C16H27N/c1-4-12-17-13-16(11-10-14(2)3)15-8-6-5-7-9-15/h5-9,14,16-17H,4,10-13H2,1-3H3. The predicted octanol–water partition coefficient (Wildman–Crippen LogP) is 4.21. The van der Waals surface area contributed by atoms with Crippen molar-refractivity contribution in [3.63, 3.8) is 0 Å². The van der Waals surface area contributed by atoms with E-state index in [1.807, 2.05) is 0 Å². The van der Waals surface area contributed by atoms with Crippen LogP contribution >= 0.6 is 0 Å². The lowest BCUT2D eigenvalue weighted by Gasteiger charge is -2.19. The highest BCUT2D eigenvalue weighted by Gasteiger charge is 2.11. The van der Waals surface area contributed by atoms with Crippen molar-refractivity contribution in [2.45, 2.75) is 46.0 Å². The lowest BCUT2D eigenvalue weighted by Crippen LogP contribution is -2.22. The molecule has 0 aliphatic rings. The van der Waals surface area contributed by atoms with Crippen molar-refractivity contribution in [3.8, 4) is 0 Å². The first-order chi connectivity index (χ1) is 8.24. The Morgan fingerprint density at radius 1 is 1.06 bits per heavy atom. The normalized spacial score (nSPS) is 12.9. The molecular formula is C16H27N. The maximum atomic E-state index is 3.56. The van der Waals surface area contributed by atoms with E-state index in [0.29, 0.717) is 5.92 Å². The molecule has 0 heterocycles. The second kappa shape index (κ2) is 8.30. The maximum absolute atomic E-state index is 3.56. The third kappa shape index (κ3) is 5.88. The monoisotopic (exact) mass is 233 g/mol. The first kappa shape index (κ1) is 14.2. The molecule has 1 atom stereocenters. The van der Waals surface area contributed by atoms with E-state index in [4.69, 9.17) is 0 Å². The molecule has 1 aromatic rings. The summed E-state index contributed by atoms with van der Waals surface area (Å²) in [5, 5.41) is 3.56. The van der Waals surface area contributed by atoms with Crippen LogP contribution in [0.5, 0.6) is 0 Å². The number of hydrogen-bond donors (Lipinski definition) is 1. The predicted molar refractivity (Wildman–Crippen MR) is 76.4 cm³/mol. The van der Waals surface area contributed by atoms with Gasteiger partial charge in [-0.25, -0.2) is 0 Å². The molecule has 0 bridgehead atoms. The highest BCUT2D eigenvalue weighted by Crippen LogP contribution is 2.22. The minimum Gasteiger partial charge on any atom is -0.316 e. The van der Waals surface area contributed by atoms with Crippen LogP contribution in [0.15, 0.2) is 30.3 Å². The fourth-order valence-electron chi connectivity index (χ4n) is 2.10. The van der Waals surface area contributed by atoms with Crippen LogP contribution in [0.2, 0.25) is 0 Å². The summed E-state index contributed by atoms with van der Waals surface area (Å²) in [6.45, 7) is 9.08. The van der Waals surface area contributed by atoms with Crippen molar-refractivity contribution in [1.82, 2.24) is 5.32 Å². The molecule has 0 fully saturated rings. The summed E-state index contributed by atoms with van der Waals surface area (Å²) in [6.07, 6.45) is 3.82. The molecule has 0 spiro atoms. The highest BCUT2D eigenvalue weighted by atomic mass is 14.8. The summed E-state index contributed by atoms with van der Waals surface area (Å²) in [7, 11) is 0. The van der Waals surface area contributed by atoms with Gasteiger partial charge in [-0.05, 0) is 36.8 Å². The lowest BCUT2D eigenvalue weighted by molar-refractivity contribution is 0.476. The van der Waals surface area contributed by atoms with Crippen molar-refractivity contribution in [2.24, 2.45) is 5.92 Å². The van der Waals surface area contributed by atoms with E-state index in [0.717, 1.165) is 19.0 Å². The van der Waals surface area contributed by atoms with Crippen LogP contribution in [0.4, 0.5) is 0 Å². The maximum Gasteiger partial charge on any atom is 0.00201 e. The quantitative estimate of drug-likeness (QED) is 0.663. The Kier molecular flexibility index (Phi) is 6.95. The zero-order chi connectivity index (χ0) is 12.5. The zero-order valence-corrected chi connectivity index (χ0v) is 11.6. The summed E-state index contributed by atoms with van der Waals surface area (Å²) in [5.74, 6) is 1.47. The summed E-state index contributed by atoms with van der Waals surface area (Å²) in [5.41, 5.74) is 1.48. The van der Waals surface area contributed by atoms with Crippen molar-refractivity contribution in [3.05, 3.63) is 35.9 Å². The van der Waals surface area contributed by atoms with Crippen LogP contribution in [-0.4, -0.2) is 13.1 Å². The van der Waals surface area contributed by atoms with E-state index in [9.17, 15) is 0 Å². The second-order valence-electron chi connectivity index (χ2n) is 5.28. The third-order valence-electron chi connectivity index (χ3n) is 3.18. The molecule has 0 saturated heterocycles. The van der Waals surface area contributed by atoms with Gasteiger partial charge >= 0.3 is 0 Å². The topological polar surface area (TPSA) is 12.0 Å². The number of nitrogens with one attached hydrogen (secondary N) is 1. The van der Waals surface area contributed by atoms with E-state index < -0.39 is 0 Å². The molecule has 0 radical (unpaired) electrons. The summed E-state index contributed by atoms with van der Waals surface area (Å²) < 4.78 is 0. The Labute approximate surface area is 107 Å². The molecule has 1 aromatic carbocycles. The van der Waals surface area contributed by atoms with Gasteiger partial charge < -0.3 is 5.32 Å². The lowest BCUT2D eigenvalue weighted by atomic mass is 9.91. The SMILES string of the molecule is CCCNCC(CCC(C)C)c1ccccc1. The van der Waals surface area contributed by atoms with E-state index in [1.54, 1.807) is 0 Å². The second-order valence-corrected chi connectivity index (χ2v) is 5.28. The molecule has 1 heteroatoms. The van der Waals surface area contributed by atoms with Crippen LogP contribution in [0.1, 0.15) is 51.5 Å². The molecule has 0 amide bonds. The molecule has 1 rings (SSSR count). The fraction of sp³-hybridized carbons (Fsp3) is 0.625. The van der Waals surface area contributed by atoms with Crippen molar-refractivity contribution in [1.29, 1.82) is 0 Å². The number of hydrogen-bond acceptors (Lipinski definition) is 1. The van der Waals surface area contributed by atoms with Gasteiger partial charge in [-0.3, -0.25) is 0 Å². The van der Waals surface area contributed by atoms with E-state index in [-0.39, 0.29) is 0 Å². The van der Waals surface area contributed by atoms with Crippen LogP contribution in [-0.2, 0) is 0 Å². The third-order valence-corrected chi connectivity index (χ3v) is 3.18. The van der Waals surface area contributed by atoms with Gasteiger partial charge in [0.1, 0.15) is 0 Å². The molecule has 0 saturated carbocycles. The van der Waals surface area contributed by atoms with E-state index in [1.165, 1.54) is 24.8 Å². The van der Waals surface area contributed by atoms with Crippen LogP contribution in [0.3, 0.4) is 0 Å². The minimum absolute atomic E-state index is 0.671. The zero-order valence-electron chi connectivity index (χ0n) is 11.6. The Morgan fingerprint density at radius 2 is 1.76 bits per heavy atom. The van der Waals surface area contributed by atoms with Gasteiger partial charge in [0.15, 0.2) is 0 Å². The molecule has 0 aliphatic carbocycles. The molecular weight excluding hydrogens is 206 g/mol. The van der Waals surface area contributed by atoms with Gasteiger partial charge in [-0.1, -0.05) is 57.5 Å². The van der Waals surface area contributed by atoms with Gasteiger partial charge in [0.05, 0.1) is 0 Å². The molecule has 0 aliphatic heterocycles. The van der Waals surface area contributed by atoms with Gasteiger partial charge in [0.2, 0.25) is 0 Å². The van der Waals surface area contributed by atoms with Gasteiger partial charge in [-0.15, -0.1) is 0 Å². The first-order valence-corrected chi connectivity index (χ1v) is 6.99. The van der Waals surface area contributed by atoms with E-state index in [2.05, 4.69) is 56.4 Å². The Morgan fingerprint density at radius 3 is 2.35 bits per heavy atom. The van der Waals surface area contributed by atoms with Crippen molar-refractivity contribution >= 4 is 0 Å². The van der Waals surface area contributed by atoms with E-state index >= 15 is 0 Å². The van der Waals surface area contributed by atoms with Gasteiger partial charge in [-0.2, -0.15) is 0 Å². The fourth-order valence-corrected chi connectivity index (χ4v) is 2.10. The van der Waals surface area contributed by atoms with Crippen LogP contribution in [0, 0.1) is 5.92 Å². The number of rotatable bonds is 8. The Hall–Kier alpha value is -0.820. The summed E-state index contributed by atoms with van der Waals surface area (Å²) >= 11 is 0. The van der Waals surface area contributed by atoms with Gasteiger partial charge in [0.25, 0.3) is 0 Å². The molecule has 0 aromatic heterocycles. The molecule has 17 heavy (non-hydrogen) atoms. The molecule has 1 N–H and O–H groups in total. The highest BCUT2D eigenvalue weighted by molar-refractivity contribution is 5.19. The van der Waals surface area contributed by atoms with Crippen molar-refractivity contribution in [2.75, 3.05) is 13.1 Å². The Bertz CT molecular complexity index is 279. The number of benzene rings is 1. The minimum atomic E-state index is 0.671. The summed E-state index contributed by atoms with van der Waals surface area (Å²) in [4.78, 5) is 0. The largest absolute Gasteiger partial charge is 0.316 e. The Balaban J connectivity index is 2.52. The van der Waals surface area contributed by atoms with Crippen LogP contribution in [0.25, 0.3) is 0 Å². The average molecular weight is 233 g/mol. The van der Waals surface area contributed by atoms with Crippen molar-refractivity contribution < 1.29 is 0 Å². The van der Waals surface area contributed by atoms with Crippen LogP contribution < -0.4 is 5.32 Å². The molecule has 96 valence electrons.